The lowest BCUT2D eigenvalue weighted by Gasteiger charge is -2.29. The number of aldehydes is 1. The van der Waals surface area contributed by atoms with Crippen molar-refractivity contribution < 1.29 is 28.6 Å². The third-order valence-electron chi connectivity index (χ3n) is 4.85. The zero-order chi connectivity index (χ0) is 19.3. The number of hydrogen-bond acceptors (Lipinski definition) is 7. The van der Waals surface area contributed by atoms with Crippen LogP contribution in [0.1, 0.15) is 32.4 Å². The molecule has 1 heterocycles. The molecule has 1 N–H and O–H groups in total. The molecule has 1 aliphatic heterocycles. The smallest absolute Gasteiger partial charge is 0.338 e. The summed E-state index contributed by atoms with van der Waals surface area (Å²) in [4.78, 5) is 37.4. The van der Waals surface area contributed by atoms with E-state index in [1.807, 2.05) is 0 Å². The van der Waals surface area contributed by atoms with E-state index in [2.05, 4.69) is 5.32 Å². The van der Waals surface area contributed by atoms with E-state index in [0.29, 0.717) is 11.3 Å². The Morgan fingerprint density at radius 3 is 2.23 bits per heavy atom. The fourth-order valence-corrected chi connectivity index (χ4v) is 3.52. The second-order valence-electron chi connectivity index (χ2n) is 6.12. The summed E-state index contributed by atoms with van der Waals surface area (Å²) >= 11 is 0. The predicted octanol–water partition coefficient (Wildman–Crippen LogP) is 1.66. The van der Waals surface area contributed by atoms with E-state index in [1.54, 1.807) is 45.0 Å². The maximum Gasteiger partial charge on any atom is 0.338 e. The Bertz CT molecular complexity index is 656. The Hall–Kier alpha value is -2.41. The van der Waals surface area contributed by atoms with Crippen LogP contribution in [-0.4, -0.2) is 44.1 Å². The number of benzene rings is 1. The third kappa shape index (κ3) is 3.19. The van der Waals surface area contributed by atoms with Crippen LogP contribution in [0.5, 0.6) is 5.75 Å². The van der Waals surface area contributed by atoms with Crippen LogP contribution < -0.4 is 10.1 Å². The van der Waals surface area contributed by atoms with Crippen LogP contribution in [-0.2, 0) is 23.9 Å². The molecule has 1 saturated heterocycles. The number of ether oxygens (including phenoxy) is 3. The summed E-state index contributed by atoms with van der Waals surface area (Å²) in [5, 5.41) is 3.06. The van der Waals surface area contributed by atoms with Crippen LogP contribution in [0.25, 0.3) is 0 Å². The van der Waals surface area contributed by atoms with Gasteiger partial charge in [0.25, 0.3) is 0 Å². The second-order valence-corrected chi connectivity index (χ2v) is 6.12. The van der Waals surface area contributed by atoms with Gasteiger partial charge in [-0.2, -0.15) is 0 Å². The van der Waals surface area contributed by atoms with Gasteiger partial charge in [-0.3, -0.25) is 5.32 Å². The summed E-state index contributed by atoms with van der Waals surface area (Å²) in [7, 11) is 1.52. The number of nitrogens with one attached hydrogen (secondary N) is 1. The van der Waals surface area contributed by atoms with Gasteiger partial charge in [-0.1, -0.05) is 25.1 Å². The van der Waals surface area contributed by atoms with Crippen molar-refractivity contribution in [2.75, 3.05) is 20.3 Å². The van der Waals surface area contributed by atoms with E-state index in [-0.39, 0.29) is 13.2 Å². The number of rotatable bonds is 7. The van der Waals surface area contributed by atoms with Crippen molar-refractivity contribution in [1.29, 1.82) is 0 Å². The van der Waals surface area contributed by atoms with Crippen molar-refractivity contribution in [3.8, 4) is 5.75 Å². The summed E-state index contributed by atoms with van der Waals surface area (Å²) in [6.45, 7) is 5.21. The Kier molecular flexibility index (Phi) is 6.37. The van der Waals surface area contributed by atoms with Gasteiger partial charge >= 0.3 is 11.9 Å². The van der Waals surface area contributed by atoms with E-state index in [4.69, 9.17) is 14.2 Å². The first-order chi connectivity index (χ1) is 12.5. The van der Waals surface area contributed by atoms with Crippen molar-refractivity contribution >= 4 is 18.2 Å². The minimum absolute atomic E-state index is 0.111. The quantitative estimate of drug-likeness (QED) is 0.447. The average molecular weight is 363 g/mol. The van der Waals surface area contributed by atoms with Crippen molar-refractivity contribution in [2.45, 2.75) is 32.4 Å². The molecule has 0 bridgehead atoms. The summed E-state index contributed by atoms with van der Waals surface area (Å²) in [5.74, 6) is -2.22. The third-order valence-corrected chi connectivity index (χ3v) is 4.85. The standard InChI is InChI=1S/C19H25NO6/c1-5-25-17(22)19(18(23)26-6-2)12(3)14(11-21)16(20-19)13-9-7-8-10-15(13)24-4/h7-12,14,16,20H,5-6H2,1-4H3/t12-,14-,16-/m1/s1. The highest BCUT2D eigenvalue weighted by Crippen LogP contribution is 2.45. The van der Waals surface area contributed by atoms with E-state index in [1.165, 1.54) is 7.11 Å². The Morgan fingerprint density at radius 1 is 1.15 bits per heavy atom. The van der Waals surface area contributed by atoms with E-state index < -0.39 is 35.4 Å². The minimum Gasteiger partial charge on any atom is -0.496 e. The molecule has 2 rings (SSSR count). The number of hydrogen-bond donors (Lipinski definition) is 1. The molecular weight excluding hydrogens is 338 g/mol. The fourth-order valence-electron chi connectivity index (χ4n) is 3.52. The molecule has 0 unspecified atom stereocenters. The number of carbonyl (C=O) groups excluding carboxylic acids is 3. The molecule has 7 nitrogen and oxygen atoms in total. The van der Waals surface area contributed by atoms with Gasteiger partial charge in [-0.05, 0) is 19.9 Å². The number of esters is 2. The SMILES string of the molecule is CCOC(=O)C1(C(=O)OCC)N[C@H](c2ccccc2OC)[C@H](C=O)[C@H]1C. The molecule has 0 saturated carbocycles. The molecule has 0 amide bonds. The summed E-state index contributed by atoms with van der Waals surface area (Å²) in [5.41, 5.74) is -1.06. The van der Waals surface area contributed by atoms with Gasteiger partial charge in [-0.25, -0.2) is 9.59 Å². The maximum atomic E-state index is 12.8. The van der Waals surface area contributed by atoms with Crippen molar-refractivity contribution in [3.05, 3.63) is 29.8 Å². The molecule has 0 aliphatic carbocycles. The molecule has 1 fully saturated rings. The second kappa shape index (κ2) is 8.31. The van der Waals surface area contributed by atoms with Gasteiger partial charge in [0, 0.05) is 23.4 Å². The molecule has 0 aromatic heterocycles. The molecule has 1 aromatic rings. The van der Waals surface area contributed by atoms with Crippen molar-refractivity contribution in [2.24, 2.45) is 11.8 Å². The van der Waals surface area contributed by atoms with Crippen LogP contribution in [0, 0.1) is 11.8 Å². The number of carbonyl (C=O) groups is 3. The van der Waals surface area contributed by atoms with Gasteiger partial charge in [0.2, 0.25) is 5.54 Å². The zero-order valence-corrected chi connectivity index (χ0v) is 15.5. The van der Waals surface area contributed by atoms with Gasteiger partial charge in [0.05, 0.1) is 20.3 Å². The number of methoxy groups -OCH3 is 1. The molecule has 26 heavy (non-hydrogen) atoms. The van der Waals surface area contributed by atoms with Crippen LogP contribution in [0.4, 0.5) is 0 Å². The Morgan fingerprint density at radius 2 is 1.73 bits per heavy atom. The Labute approximate surface area is 153 Å². The van der Waals surface area contributed by atoms with Crippen molar-refractivity contribution in [1.82, 2.24) is 5.32 Å². The maximum absolute atomic E-state index is 12.8. The van der Waals surface area contributed by atoms with Crippen LogP contribution >= 0.6 is 0 Å². The van der Waals surface area contributed by atoms with Gasteiger partial charge < -0.3 is 19.0 Å². The van der Waals surface area contributed by atoms with Crippen LogP contribution in [0.15, 0.2) is 24.3 Å². The zero-order valence-electron chi connectivity index (χ0n) is 15.5. The largest absolute Gasteiger partial charge is 0.496 e. The lowest BCUT2D eigenvalue weighted by molar-refractivity contribution is -0.168. The van der Waals surface area contributed by atoms with Crippen molar-refractivity contribution in [3.63, 3.8) is 0 Å². The molecule has 0 radical (unpaired) electrons. The highest BCUT2D eigenvalue weighted by atomic mass is 16.6. The molecule has 3 atom stereocenters. The monoisotopic (exact) mass is 363 g/mol. The van der Waals surface area contributed by atoms with Crippen LogP contribution in [0.3, 0.4) is 0 Å². The first-order valence-electron chi connectivity index (χ1n) is 8.68. The summed E-state index contributed by atoms with van der Waals surface area (Å²) in [6, 6.07) is 6.58. The topological polar surface area (TPSA) is 90.9 Å². The summed E-state index contributed by atoms with van der Waals surface area (Å²) < 4.78 is 15.7. The first-order valence-corrected chi connectivity index (χ1v) is 8.68. The molecule has 7 heteroatoms. The first kappa shape index (κ1) is 19.9. The molecule has 1 aliphatic rings. The lowest BCUT2D eigenvalue weighted by Crippen LogP contribution is -2.60. The van der Waals surface area contributed by atoms with Gasteiger partial charge in [0.1, 0.15) is 12.0 Å². The fraction of sp³-hybridized carbons (Fsp3) is 0.526. The highest BCUT2D eigenvalue weighted by molar-refractivity contribution is 6.06. The molecule has 142 valence electrons. The van der Waals surface area contributed by atoms with Gasteiger partial charge in [0.15, 0.2) is 0 Å². The van der Waals surface area contributed by atoms with E-state index >= 15 is 0 Å². The van der Waals surface area contributed by atoms with Crippen LogP contribution in [0.2, 0.25) is 0 Å². The average Bonchev–Trinajstić information content (AvgIpc) is 2.95. The predicted molar refractivity (Wildman–Crippen MR) is 93.6 cm³/mol. The normalized spacial score (nSPS) is 23.9. The molecular formula is C19H25NO6. The van der Waals surface area contributed by atoms with Gasteiger partial charge in [-0.15, -0.1) is 0 Å². The van der Waals surface area contributed by atoms with E-state index in [0.717, 1.165) is 6.29 Å². The Balaban J connectivity index is 2.55. The minimum atomic E-state index is -1.75. The lowest BCUT2D eigenvalue weighted by atomic mass is 9.79. The molecule has 0 spiro atoms. The highest BCUT2D eigenvalue weighted by Gasteiger charge is 2.63. The summed E-state index contributed by atoms with van der Waals surface area (Å²) in [6.07, 6.45) is 0.759. The number of para-hydroxylation sites is 1. The molecule has 1 aromatic carbocycles. The van der Waals surface area contributed by atoms with E-state index in [9.17, 15) is 14.4 Å².